The minimum atomic E-state index is -0.911. The largest absolute Gasteiger partial charge is 0.478 e. The number of rotatable bonds is 4. The van der Waals surface area contributed by atoms with Crippen LogP contribution in [0.2, 0.25) is 0 Å². The molecule has 0 fully saturated rings. The first kappa shape index (κ1) is 11.3. The van der Waals surface area contributed by atoms with Crippen LogP contribution in [0.15, 0.2) is 41.0 Å². The van der Waals surface area contributed by atoms with Crippen LogP contribution in [0, 0.1) is 6.92 Å². The molecule has 2 N–H and O–H groups in total. The smallest absolute Gasteiger partial charge is 0.335 e. The molecule has 88 valence electrons. The first-order chi connectivity index (χ1) is 8.16. The van der Waals surface area contributed by atoms with Gasteiger partial charge in [0.15, 0.2) is 0 Å². The lowest BCUT2D eigenvalue weighted by Crippen LogP contribution is -2.02. The van der Waals surface area contributed by atoms with Gasteiger partial charge in [-0.25, -0.2) is 4.79 Å². The van der Waals surface area contributed by atoms with E-state index in [1.807, 2.05) is 19.1 Å². The highest BCUT2D eigenvalue weighted by Gasteiger charge is 2.05. The van der Waals surface area contributed by atoms with Crippen LogP contribution >= 0.6 is 0 Å². The second-order valence-corrected chi connectivity index (χ2v) is 3.77. The molecule has 17 heavy (non-hydrogen) atoms. The van der Waals surface area contributed by atoms with Gasteiger partial charge in [0, 0.05) is 5.69 Å². The van der Waals surface area contributed by atoms with Gasteiger partial charge in [-0.05, 0) is 42.8 Å². The number of benzene rings is 1. The Labute approximate surface area is 98.9 Å². The number of anilines is 1. The Hall–Kier alpha value is -2.23. The van der Waals surface area contributed by atoms with E-state index in [1.165, 1.54) is 0 Å². The fourth-order valence-corrected chi connectivity index (χ4v) is 1.59. The van der Waals surface area contributed by atoms with Gasteiger partial charge in [0.1, 0.15) is 5.76 Å². The van der Waals surface area contributed by atoms with Crippen LogP contribution < -0.4 is 5.32 Å². The first-order valence-corrected chi connectivity index (χ1v) is 5.27. The lowest BCUT2D eigenvalue weighted by Gasteiger charge is -2.08. The Kier molecular flexibility index (Phi) is 3.14. The maximum atomic E-state index is 10.8. The van der Waals surface area contributed by atoms with Crippen molar-refractivity contribution in [3.63, 3.8) is 0 Å². The summed E-state index contributed by atoms with van der Waals surface area (Å²) in [5.74, 6) is -0.0719. The summed E-state index contributed by atoms with van der Waals surface area (Å²) >= 11 is 0. The highest BCUT2D eigenvalue weighted by molar-refractivity contribution is 5.88. The number of carbonyl (C=O) groups is 1. The van der Waals surface area contributed by atoms with E-state index in [4.69, 9.17) is 9.52 Å². The Morgan fingerprint density at radius 2 is 2.24 bits per heavy atom. The fourth-order valence-electron chi connectivity index (χ4n) is 1.59. The minimum Gasteiger partial charge on any atom is -0.478 e. The highest BCUT2D eigenvalue weighted by Crippen LogP contribution is 2.17. The van der Waals surface area contributed by atoms with Crippen LogP contribution in [-0.4, -0.2) is 11.1 Å². The normalized spacial score (nSPS) is 10.2. The maximum absolute atomic E-state index is 10.8. The van der Waals surface area contributed by atoms with E-state index in [1.54, 1.807) is 24.5 Å². The van der Waals surface area contributed by atoms with Crippen LogP contribution in [0.5, 0.6) is 0 Å². The molecule has 0 unspecified atom stereocenters. The van der Waals surface area contributed by atoms with Crippen molar-refractivity contribution in [2.45, 2.75) is 13.5 Å². The molecule has 0 amide bonds. The van der Waals surface area contributed by atoms with Gasteiger partial charge in [-0.1, -0.05) is 0 Å². The molecule has 1 aromatic heterocycles. The van der Waals surface area contributed by atoms with Crippen molar-refractivity contribution < 1.29 is 14.3 Å². The quantitative estimate of drug-likeness (QED) is 0.849. The Balaban J connectivity index is 2.09. The number of aromatic carboxylic acids is 1. The van der Waals surface area contributed by atoms with Gasteiger partial charge in [0.25, 0.3) is 0 Å². The summed E-state index contributed by atoms with van der Waals surface area (Å²) in [5.41, 5.74) is 2.11. The third-order valence-electron chi connectivity index (χ3n) is 2.51. The molecule has 0 atom stereocenters. The van der Waals surface area contributed by atoms with Gasteiger partial charge in [-0.3, -0.25) is 0 Å². The zero-order chi connectivity index (χ0) is 12.3. The van der Waals surface area contributed by atoms with Gasteiger partial charge in [0.05, 0.1) is 18.4 Å². The van der Waals surface area contributed by atoms with Crippen molar-refractivity contribution >= 4 is 11.7 Å². The number of carboxylic acid groups (broad SMARTS) is 1. The van der Waals surface area contributed by atoms with E-state index >= 15 is 0 Å². The predicted octanol–water partition coefficient (Wildman–Crippen LogP) is 2.90. The third kappa shape index (κ3) is 2.66. The van der Waals surface area contributed by atoms with Crippen molar-refractivity contribution in [2.24, 2.45) is 0 Å². The average Bonchev–Trinajstić information content (AvgIpc) is 2.80. The Bertz CT molecular complexity index is 517. The topological polar surface area (TPSA) is 62.5 Å². The van der Waals surface area contributed by atoms with Crippen LogP contribution in [0.1, 0.15) is 21.7 Å². The number of aryl methyl sites for hydroxylation is 1. The summed E-state index contributed by atoms with van der Waals surface area (Å²) in [5, 5.41) is 12.0. The van der Waals surface area contributed by atoms with Gasteiger partial charge in [-0.15, -0.1) is 0 Å². The highest BCUT2D eigenvalue weighted by atomic mass is 16.4. The van der Waals surface area contributed by atoms with Gasteiger partial charge >= 0.3 is 5.97 Å². The molecular weight excluding hydrogens is 218 g/mol. The standard InChI is InChI=1S/C13H13NO3/c1-9-7-10(13(15)16)4-5-12(9)14-8-11-3-2-6-17-11/h2-7,14H,8H2,1H3,(H,15,16). The number of hydrogen-bond acceptors (Lipinski definition) is 3. The number of furan rings is 1. The van der Waals surface area contributed by atoms with Crippen molar-refractivity contribution in [3.05, 3.63) is 53.5 Å². The predicted molar refractivity (Wildman–Crippen MR) is 64.2 cm³/mol. The molecule has 4 nitrogen and oxygen atoms in total. The molecule has 2 rings (SSSR count). The molecule has 0 aliphatic heterocycles. The van der Waals surface area contributed by atoms with E-state index in [-0.39, 0.29) is 0 Å². The number of nitrogens with one attached hydrogen (secondary N) is 1. The molecule has 4 heteroatoms. The monoisotopic (exact) mass is 231 g/mol. The van der Waals surface area contributed by atoms with Crippen molar-refractivity contribution in [3.8, 4) is 0 Å². The molecule has 1 aromatic carbocycles. The summed E-state index contributed by atoms with van der Waals surface area (Å²) in [4.78, 5) is 10.8. The van der Waals surface area contributed by atoms with E-state index in [0.29, 0.717) is 12.1 Å². The van der Waals surface area contributed by atoms with E-state index in [0.717, 1.165) is 17.0 Å². The summed E-state index contributed by atoms with van der Waals surface area (Å²) in [6.45, 7) is 2.46. The molecule has 1 heterocycles. The molecule has 2 aromatic rings. The summed E-state index contributed by atoms with van der Waals surface area (Å²) in [6, 6.07) is 8.71. The molecule has 0 radical (unpaired) electrons. The van der Waals surface area contributed by atoms with Gasteiger partial charge in [-0.2, -0.15) is 0 Å². The lowest BCUT2D eigenvalue weighted by atomic mass is 10.1. The van der Waals surface area contributed by atoms with Crippen LogP contribution in [0.3, 0.4) is 0 Å². The summed E-state index contributed by atoms with van der Waals surface area (Å²) < 4.78 is 5.20. The molecule has 0 saturated carbocycles. The molecule has 0 saturated heterocycles. The molecule has 0 aliphatic rings. The SMILES string of the molecule is Cc1cc(C(=O)O)ccc1NCc1ccco1. The van der Waals surface area contributed by atoms with Crippen LogP contribution in [-0.2, 0) is 6.54 Å². The van der Waals surface area contributed by atoms with Crippen molar-refractivity contribution in [1.29, 1.82) is 0 Å². The zero-order valence-electron chi connectivity index (χ0n) is 9.43. The van der Waals surface area contributed by atoms with Gasteiger partial charge < -0.3 is 14.8 Å². The van der Waals surface area contributed by atoms with Gasteiger partial charge in [0.2, 0.25) is 0 Å². The third-order valence-corrected chi connectivity index (χ3v) is 2.51. The first-order valence-electron chi connectivity index (χ1n) is 5.27. The minimum absolute atomic E-state index is 0.297. The van der Waals surface area contributed by atoms with E-state index in [2.05, 4.69) is 5.32 Å². The Morgan fingerprint density at radius 1 is 1.41 bits per heavy atom. The summed E-state index contributed by atoms with van der Waals surface area (Å²) in [7, 11) is 0. The second kappa shape index (κ2) is 4.74. The lowest BCUT2D eigenvalue weighted by molar-refractivity contribution is 0.0697. The molecule has 0 spiro atoms. The van der Waals surface area contributed by atoms with E-state index in [9.17, 15) is 4.79 Å². The number of carboxylic acids is 1. The number of hydrogen-bond donors (Lipinski definition) is 2. The Morgan fingerprint density at radius 3 is 2.82 bits per heavy atom. The van der Waals surface area contributed by atoms with Crippen LogP contribution in [0.4, 0.5) is 5.69 Å². The maximum Gasteiger partial charge on any atom is 0.335 e. The van der Waals surface area contributed by atoms with Crippen LogP contribution in [0.25, 0.3) is 0 Å². The van der Waals surface area contributed by atoms with Crippen molar-refractivity contribution in [2.75, 3.05) is 5.32 Å². The summed E-state index contributed by atoms with van der Waals surface area (Å²) in [6.07, 6.45) is 1.62. The molecule has 0 aliphatic carbocycles. The fraction of sp³-hybridized carbons (Fsp3) is 0.154. The van der Waals surface area contributed by atoms with Crippen molar-refractivity contribution in [1.82, 2.24) is 0 Å². The zero-order valence-corrected chi connectivity index (χ0v) is 9.43. The molecular formula is C13H13NO3. The molecule has 0 bridgehead atoms. The second-order valence-electron chi connectivity index (χ2n) is 3.77. The van der Waals surface area contributed by atoms with E-state index < -0.39 is 5.97 Å². The average molecular weight is 231 g/mol.